The predicted octanol–water partition coefficient (Wildman–Crippen LogP) is 2.42. The van der Waals surface area contributed by atoms with Gasteiger partial charge >= 0.3 is 0 Å². The summed E-state index contributed by atoms with van der Waals surface area (Å²) in [6.07, 6.45) is 2.08. The van der Waals surface area contributed by atoms with Crippen LogP contribution in [0.2, 0.25) is 0 Å². The Bertz CT molecular complexity index is 889. The zero-order valence-electron chi connectivity index (χ0n) is 14.2. The molecule has 0 aliphatic heterocycles. The summed E-state index contributed by atoms with van der Waals surface area (Å²) >= 11 is 1.75. The molecule has 0 spiro atoms. The number of nitrogens with one attached hydrogen (secondary N) is 2. The van der Waals surface area contributed by atoms with Gasteiger partial charge < -0.3 is 9.88 Å². The molecule has 2 N–H and O–H groups in total. The number of aromatic nitrogens is 2. The van der Waals surface area contributed by atoms with E-state index in [0.29, 0.717) is 5.39 Å². The molecule has 3 rings (SSSR count). The van der Waals surface area contributed by atoms with Crippen LogP contribution in [0.25, 0.3) is 10.9 Å². The molecule has 1 heterocycles. The van der Waals surface area contributed by atoms with Gasteiger partial charge in [-0.15, -0.1) is 11.8 Å². The molecule has 5 heteroatoms. The van der Waals surface area contributed by atoms with Crippen LogP contribution in [-0.2, 0) is 6.54 Å². The molecule has 2 atom stereocenters. The number of rotatable bonds is 5. The largest absolute Gasteiger partial charge is 0.325 e. The first-order valence-electron chi connectivity index (χ1n) is 8.02. The third-order valence-electron chi connectivity index (χ3n) is 4.42. The second-order valence-corrected chi connectivity index (χ2v) is 6.94. The van der Waals surface area contributed by atoms with E-state index < -0.39 is 0 Å². The number of para-hydroxylation sites is 1. The van der Waals surface area contributed by atoms with Crippen molar-refractivity contribution in [1.82, 2.24) is 9.97 Å². The van der Waals surface area contributed by atoms with Crippen molar-refractivity contribution in [3.63, 3.8) is 0 Å². The fourth-order valence-electron chi connectivity index (χ4n) is 2.76. The van der Waals surface area contributed by atoms with E-state index in [1.54, 1.807) is 17.8 Å². The van der Waals surface area contributed by atoms with E-state index in [1.165, 1.54) is 15.4 Å². The molecule has 0 aliphatic carbocycles. The van der Waals surface area contributed by atoms with Crippen molar-refractivity contribution in [2.45, 2.75) is 24.4 Å². The second kappa shape index (κ2) is 7.20. The van der Waals surface area contributed by atoms with Crippen molar-refractivity contribution in [2.24, 2.45) is 0 Å². The highest BCUT2D eigenvalue weighted by atomic mass is 32.2. The maximum atomic E-state index is 12.2. The Labute approximate surface area is 145 Å². The van der Waals surface area contributed by atoms with Gasteiger partial charge in [-0.2, -0.15) is 0 Å². The Hall–Kier alpha value is -2.11. The average molecular weight is 340 g/mol. The SMILES string of the molecule is CSc1ccc(C[NH+](C)[C@H](C)c2nc3ccccc3c(=O)[nH]2)cc1. The number of thioether (sulfide) groups is 1. The number of fused-ring (bicyclic) bond motifs is 1. The first kappa shape index (κ1) is 16.7. The van der Waals surface area contributed by atoms with Gasteiger partial charge in [0.25, 0.3) is 5.56 Å². The van der Waals surface area contributed by atoms with E-state index >= 15 is 0 Å². The lowest BCUT2D eigenvalue weighted by molar-refractivity contribution is -0.924. The van der Waals surface area contributed by atoms with E-state index in [2.05, 4.69) is 54.5 Å². The van der Waals surface area contributed by atoms with Crippen LogP contribution in [0.5, 0.6) is 0 Å². The number of hydrogen-bond acceptors (Lipinski definition) is 3. The first-order chi connectivity index (χ1) is 11.6. The number of H-pyrrole nitrogens is 1. The first-order valence-corrected chi connectivity index (χ1v) is 9.25. The molecule has 0 fully saturated rings. The van der Waals surface area contributed by atoms with E-state index in [9.17, 15) is 4.79 Å². The topological polar surface area (TPSA) is 50.2 Å². The quantitative estimate of drug-likeness (QED) is 0.702. The van der Waals surface area contributed by atoms with Gasteiger partial charge in [0, 0.05) is 10.5 Å². The molecular formula is C19H22N3OS+. The summed E-state index contributed by atoms with van der Waals surface area (Å²) in [6, 6.07) is 16.2. The minimum absolute atomic E-state index is 0.0698. The Kier molecular flexibility index (Phi) is 5.02. The predicted molar refractivity (Wildman–Crippen MR) is 99.6 cm³/mol. The summed E-state index contributed by atoms with van der Waals surface area (Å²) in [5.41, 5.74) is 1.96. The van der Waals surface area contributed by atoms with Crippen molar-refractivity contribution >= 4 is 22.7 Å². The molecule has 0 amide bonds. The van der Waals surface area contributed by atoms with Crippen LogP contribution in [0.15, 0.2) is 58.2 Å². The van der Waals surface area contributed by atoms with E-state index in [1.807, 2.05) is 18.2 Å². The van der Waals surface area contributed by atoms with Crippen molar-refractivity contribution < 1.29 is 4.90 Å². The standard InChI is InChI=1S/C19H21N3OS/c1-13(22(2)12-14-8-10-15(24-3)11-9-14)18-20-17-7-5-4-6-16(17)19(23)21-18/h4-11,13H,12H2,1-3H3,(H,20,21,23)/p+1/t13-/m1/s1. The van der Waals surface area contributed by atoms with Crippen molar-refractivity contribution in [3.05, 3.63) is 70.3 Å². The van der Waals surface area contributed by atoms with E-state index in [0.717, 1.165) is 17.9 Å². The second-order valence-electron chi connectivity index (χ2n) is 6.06. The van der Waals surface area contributed by atoms with Crippen LogP contribution in [0, 0.1) is 0 Å². The van der Waals surface area contributed by atoms with Crippen LogP contribution in [0.4, 0.5) is 0 Å². The van der Waals surface area contributed by atoms with Gasteiger partial charge in [-0.25, -0.2) is 4.98 Å². The van der Waals surface area contributed by atoms with Gasteiger partial charge in [0.05, 0.1) is 18.0 Å². The van der Waals surface area contributed by atoms with Crippen LogP contribution in [-0.4, -0.2) is 23.3 Å². The Morgan fingerprint density at radius 1 is 1.17 bits per heavy atom. The third kappa shape index (κ3) is 3.52. The van der Waals surface area contributed by atoms with E-state index in [-0.39, 0.29) is 11.6 Å². The monoisotopic (exact) mass is 340 g/mol. The summed E-state index contributed by atoms with van der Waals surface area (Å²) in [5.74, 6) is 0.733. The van der Waals surface area contributed by atoms with Crippen LogP contribution >= 0.6 is 11.8 Å². The van der Waals surface area contributed by atoms with Crippen molar-refractivity contribution in [3.8, 4) is 0 Å². The molecule has 0 aliphatic rings. The summed E-state index contributed by atoms with van der Waals surface area (Å²) in [5, 5.41) is 0.638. The summed E-state index contributed by atoms with van der Waals surface area (Å²) in [6.45, 7) is 2.98. The molecular weight excluding hydrogens is 318 g/mol. The van der Waals surface area contributed by atoms with E-state index in [4.69, 9.17) is 0 Å². The molecule has 0 bridgehead atoms. The molecule has 1 aromatic heterocycles. The van der Waals surface area contributed by atoms with Crippen LogP contribution < -0.4 is 10.5 Å². The molecule has 0 saturated heterocycles. The molecule has 3 aromatic rings. The highest BCUT2D eigenvalue weighted by Gasteiger charge is 2.19. The van der Waals surface area contributed by atoms with Crippen LogP contribution in [0.3, 0.4) is 0 Å². The van der Waals surface area contributed by atoms with Crippen LogP contribution in [0.1, 0.15) is 24.4 Å². The number of nitrogens with zero attached hydrogens (tertiary/aromatic N) is 1. The van der Waals surface area contributed by atoms with Gasteiger partial charge in [0.1, 0.15) is 12.6 Å². The molecule has 24 heavy (non-hydrogen) atoms. The zero-order chi connectivity index (χ0) is 17.1. The molecule has 124 valence electrons. The average Bonchev–Trinajstić information content (AvgIpc) is 2.61. The minimum atomic E-state index is -0.0698. The number of aromatic amines is 1. The fourth-order valence-corrected chi connectivity index (χ4v) is 3.17. The third-order valence-corrected chi connectivity index (χ3v) is 5.17. The summed E-state index contributed by atoms with van der Waals surface area (Å²) < 4.78 is 0. The number of hydrogen-bond donors (Lipinski definition) is 2. The molecule has 1 unspecified atom stereocenters. The lowest BCUT2D eigenvalue weighted by Gasteiger charge is -2.21. The number of quaternary nitrogens is 1. The smallest absolute Gasteiger partial charge is 0.258 e. The van der Waals surface area contributed by atoms with Gasteiger partial charge in [0.2, 0.25) is 0 Å². The zero-order valence-corrected chi connectivity index (χ0v) is 15.0. The lowest BCUT2D eigenvalue weighted by atomic mass is 10.2. The van der Waals surface area contributed by atoms with Crippen molar-refractivity contribution in [1.29, 1.82) is 0 Å². The highest BCUT2D eigenvalue weighted by Crippen LogP contribution is 2.15. The van der Waals surface area contributed by atoms with Gasteiger partial charge in [0.15, 0.2) is 5.82 Å². The normalized spacial score (nSPS) is 13.8. The number of benzene rings is 2. The minimum Gasteiger partial charge on any atom is -0.325 e. The Morgan fingerprint density at radius 2 is 1.88 bits per heavy atom. The fraction of sp³-hybridized carbons (Fsp3) is 0.263. The molecule has 0 saturated carbocycles. The Balaban J connectivity index is 1.82. The Morgan fingerprint density at radius 3 is 2.58 bits per heavy atom. The highest BCUT2D eigenvalue weighted by molar-refractivity contribution is 7.98. The summed E-state index contributed by atoms with van der Waals surface area (Å²) in [7, 11) is 2.13. The molecule has 0 radical (unpaired) electrons. The van der Waals surface area contributed by atoms with Crippen molar-refractivity contribution in [2.75, 3.05) is 13.3 Å². The molecule has 4 nitrogen and oxygen atoms in total. The van der Waals surface area contributed by atoms with Gasteiger partial charge in [-0.3, -0.25) is 4.79 Å². The maximum Gasteiger partial charge on any atom is 0.258 e. The summed E-state index contributed by atoms with van der Waals surface area (Å²) in [4.78, 5) is 22.4. The maximum absolute atomic E-state index is 12.2. The van der Waals surface area contributed by atoms with Gasteiger partial charge in [-0.05, 0) is 37.4 Å². The lowest BCUT2D eigenvalue weighted by Crippen LogP contribution is -3.07. The van der Waals surface area contributed by atoms with Gasteiger partial charge in [-0.1, -0.05) is 24.3 Å². The molecule has 2 aromatic carbocycles.